The van der Waals surface area contributed by atoms with Gasteiger partial charge in [0.2, 0.25) is 0 Å². The van der Waals surface area contributed by atoms with Gasteiger partial charge in [-0.2, -0.15) is 0 Å². The van der Waals surface area contributed by atoms with E-state index in [1.807, 2.05) is 30.8 Å². The van der Waals surface area contributed by atoms with E-state index >= 15 is 0 Å². The van der Waals surface area contributed by atoms with Gasteiger partial charge in [0.15, 0.2) is 0 Å². The molecule has 0 spiro atoms. The molecule has 0 aliphatic heterocycles. The van der Waals surface area contributed by atoms with Crippen LogP contribution in [0, 0.1) is 0 Å². The average Bonchev–Trinajstić information content (AvgIpc) is 2.95. The third kappa shape index (κ3) is 2.27. The van der Waals surface area contributed by atoms with Crippen LogP contribution in [0.25, 0.3) is 21.2 Å². The van der Waals surface area contributed by atoms with Gasteiger partial charge in [-0.3, -0.25) is 4.98 Å². The summed E-state index contributed by atoms with van der Waals surface area (Å²) >= 11 is 1.84. The molecule has 1 unspecified atom stereocenters. The summed E-state index contributed by atoms with van der Waals surface area (Å²) in [6.45, 7) is 2.18. The molecule has 1 N–H and O–H groups in total. The number of benzene rings is 1. The van der Waals surface area contributed by atoms with Crippen LogP contribution in [0.3, 0.4) is 0 Å². The van der Waals surface area contributed by atoms with Crippen LogP contribution in [-0.2, 0) is 0 Å². The maximum absolute atomic E-state index is 4.25. The molecule has 0 radical (unpaired) electrons. The molecule has 0 saturated heterocycles. The Morgan fingerprint density at radius 3 is 2.89 bits per heavy atom. The van der Waals surface area contributed by atoms with Gasteiger partial charge in [-0.25, -0.2) is 0 Å². The second-order valence-electron chi connectivity index (χ2n) is 4.61. The number of hydrogen-bond donors (Lipinski definition) is 1. The standard InChI is InChI=1S/C16H16N2S/c1-11(17-2)15-6-7-16(19-15)13-5-3-4-12-8-9-18-10-14(12)13/h3-11,17H,1-2H3. The van der Waals surface area contributed by atoms with E-state index in [-0.39, 0.29) is 0 Å². The molecule has 0 aliphatic rings. The molecule has 3 rings (SSSR count). The van der Waals surface area contributed by atoms with Crippen molar-refractivity contribution in [2.45, 2.75) is 13.0 Å². The van der Waals surface area contributed by atoms with Crippen LogP contribution in [0.15, 0.2) is 48.8 Å². The molecule has 2 nitrogen and oxygen atoms in total. The van der Waals surface area contributed by atoms with Gasteiger partial charge in [-0.1, -0.05) is 18.2 Å². The van der Waals surface area contributed by atoms with Gasteiger partial charge in [0.25, 0.3) is 0 Å². The summed E-state index contributed by atoms with van der Waals surface area (Å²) in [5, 5.41) is 5.74. The van der Waals surface area contributed by atoms with Crippen LogP contribution in [0.2, 0.25) is 0 Å². The highest BCUT2D eigenvalue weighted by Gasteiger charge is 2.09. The summed E-state index contributed by atoms with van der Waals surface area (Å²) < 4.78 is 0. The number of hydrogen-bond acceptors (Lipinski definition) is 3. The topological polar surface area (TPSA) is 24.9 Å². The van der Waals surface area contributed by atoms with Crippen molar-refractivity contribution in [3.8, 4) is 10.4 Å². The Bertz CT molecular complexity index is 697. The summed E-state index contributed by atoms with van der Waals surface area (Å²) in [6, 6.07) is 13.3. The molecule has 0 bridgehead atoms. The van der Waals surface area contributed by atoms with Gasteiger partial charge in [0.1, 0.15) is 0 Å². The van der Waals surface area contributed by atoms with Gasteiger partial charge in [-0.15, -0.1) is 11.3 Å². The summed E-state index contributed by atoms with van der Waals surface area (Å²) in [5.74, 6) is 0. The first-order valence-corrected chi connectivity index (χ1v) is 7.21. The first-order chi connectivity index (χ1) is 9.29. The van der Waals surface area contributed by atoms with E-state index in [0.717, 1.165) is 0 Å². The Kier molecular flexibility index (Phi) is 3.32. The highest BCUT2D eigenvalue weighted by atomic mass is 32.1. The van der Waals surface area contributed by atoms with Gasteiger partial charge in [-0.05, 0) is 37.6 Å². The molecule has 0 fully saturated rings. The monoisotopic (exact) mass is 268 g/mol. The molecule has 1 atom stereocenters. The first-order valence-electron chi connectivity index (χ1n) is 6.39. The van der Waals surface area contributed by atoms with Crippen molar-refractivity contribution in [1.29, 1.82) is 0 Å². The number of thiophene rings is 1. The Labute approximate surface area is 117 Å². The molecule has 0 aliphatic carbocycles. The van der Waals surface area contributed by atoms with Crippen molar-refractivity contribution < 1.29 is 0 Å². The largest absolute Gasteiger partial charge is 0.313 e. The molecule has 96 valence electrons. The minimum atomic E-state index is 0.395. The number of pyridine rings is 1. The predicted octanol–water partition coefficient (Wildman–Crippen LogP) is 4.24. The van der Waals surface area contributed by atoms with Crippen molar-refractivity contribution in [2.75, 3.05) is 7.05 Å². The normalized spacial score (nSPS) is 12.7. The lowest BCUT2D eigenvalue weighted by Gasteiger charge is -2.06. The molecule has 19 heavy (non-hydrogen) atoms. The number of nitrogens with one attached hydrogen (secondary N) is 1. The van der Waals surface area contributed by atoms with Crippen LogP contribution >= 0.6 is 11.3 Å². The predicted molar refractivity (Wildman–Crippen MR) is 82.5 cm³/mol. The number of nitrogens with zero attached hydrogens (tertiary/aromatic N) is 1. The summed E-state index contributed by atoms with van der Waals surface area (Å²) in [7, 11) is 1.99. The quantitative estimate of drug-likeness (QED) is 0.768. The fourth-order valence-electron chi connectivity index (χ4n) is 2.20. The van der Waals surface area contributed by atoms with Crippen molar-refractivity contribution >= 4 is 22.1 Å². The highest BCUT2D eigenvalue weighted by molar-refractivity contribution is 7.15. The van der Waals surface area contributed by atoms with Gasteiger partial charge in [0, 0.05) is 39.1 Å². The summed E-state index contributed by atoms with van der Waals surface area (Å²) in [5.41, 5.74) is 1.27. The smallest absolute Gasteiger partial charge is 0.0383 e. The van der Waals surface area contributed by atoms with Crippen LogP contribution < -0.4 is 5.32 Å². The van der Waals surface area contributed by atoms with Crippen molar-refractivity contribution in [3.63, 3.8) is 0 Å². The molecular weight excluding hydrogens is 252 g/mol. The van der Waals surface area contributed by atoms with Gasteiger partial charge >= 0.3 is 0 Å². The Hall–Kier alpha value is -1.71. The minimum absolute atomic E-state index is 0.395. The van der Waals surface area contributed by atoms with E-state index < -0.39 is 0 Å². The van der Waals surface area contributed by atoms with E-state index in [1.54, 1.807) is 0 Å². The van der Waals surface area contributed by atoms with Crippen molar-refractivity contribution in [3.05, 3.63) is 53.7 Å². The molecule has 0 saturated carbocycles. The van der Waals surface area contributed by atoms with E-state index in [2.05, 4.69) is 53.6 Å². The zero-order valence-corrected chi connectivity index (χ0v) is 11.9. The fraction of sp³-hybridized carbons (Fsp3) is 0.188. The highest BCUT2D eigenvalue weighted by Crippen LogP contribution is 2.35. The molecule has 0 amide bonds. The second-order valence-corrected chi connectivity index (χ2v) is 5.73. The molecule has 3 aromatic rings. The van der Waals surface area contributed by atoms with Gasteiger partial charge in [0.05, 0.1) is 0 Å². The zero-order chi connectivity index (χ0) is 13.2. The van der Waals surface area contributed by atoms with E-state index in [1.165, 1.54) is 26.1 Å². The van der Waals surface area contributed by atoms with E-state index in [0.29, 0.717) is 6.04 Å². The SMILES string of the molecule is CNC(C)c1ccc(-c2cccc3ccncc23)s1. The zero-order valence-electron chi connectivity index (χ0n) is 11.1. The number of rotatable bonds is 3. The van der Waals surface area contributed by atoms with Crippen LogP contribution in [0.4, 0.5) is 0 Å². The third-order valence-corrected chi connectivity index (χ3v) is 4.74. The van der Waals surface area contributed by atoms with Crippen LogP contribution in [0.1, 0.15) is 17.8 Å². The second kappa shape index (κ2) is 5.11. The van der Waals surface area contributed by atoms with Crippen LogP contribution in [0.5, 0.6) is 0 Å². The van der Waals surface area contributed by atoms with Gasteiger partial charge < -0.3 is 5.32 Å². The molecule has 1 aromatic carbocycles. The Morgan fingerprint density at radius 2 is 2.05 bits per heavy atom. The lowest BCUT2D eigenvalue weighted by molar-refractivity contribution is 0.664. The van der Waals surface area contributed by atoms with E-state index in [4.69, 9.17) is 0 Å². The summed E-state index contributed by atoms with van der Waals surface area (Å²) in [4.78, 5) is 6.91. The molecule has 3 heteroatoms. The molecule has 2 aromatic heterocycles. The Morgan fingerprint density at radius 1 is 1.16 bits per heavy atom. The maximum Gasteiger partial charge on any atom is 0.0383 e. The molecular formula is C16H16N2S. The van der Waals surface area contributed by atoms with Crippen molar-refractivity contribution in [1.82, 2.24) is 10.3 Å². The lowest BCUT2D eigenvalue weighted by Crippen LogP contribution is -2.10. The fourth-order valence-corrected chi connectivity index (χ4v) is 3.31. The Balaban J connectivity index is 2.12. The molecule has 2 heterocycles. The van der Waals surface area contributed by atoms with E-state index in [9.17, 15) is 0 Å². The summed E-state index contributed by atoms with van der Waals surface area (Å²) in [6.07, 6.45) is 3.79. The van der Waals surface area contributed by atoms with Crippen molar-refractivity contribution in [2.24, 2.45) is 0 Å². The number of aromatic nitrogens is 1. The minimum Gasteiger partial charge on any atom is -0.313 e. The third-order valence-electron chi connectivity index (χ3n) is 3.44. The first kappa shape index (κ1) is 12.3. The number of fused-ring (bicyclic) bond motifs is 1. The maximum atomic E-state index is 4.25. The average molecular weight is 268 g/mol. The lowest BCUT2D eigenvalue weighted by atomic mass is 10.1. The van der Waals surface area contributed by atoms with Crippen LogP contribution in [-0.4, -0.2) is 12.0 Å².